The van der Waals surface area contributed by atoms with Crippen LogP contribution in [0.2, 0.25) is 0 Å². The van der Waals surface area contributed by atoms with E-state index < -0.39 is 0 Å². The molecule has 0 radical (unpaired) electrons. The number of aromatic nitrogens is 1. The van der Waals surface area contributed by atoms with Gasteiger partial charge in [-0.3, -0.25) is 10.1 Å². The van der Waals surface area contributed by atoms with Gasteiger partial charge in [0, 0.05) is 17.1 Å². The Morgan fingerprint density at radius 1 is 1.35 bits per heavy atom. The molecule has 0 spiro atoms. The van der Waals surface area contributed by atoms with E-state index in [0.29, 0.717) is 12.2 Å². The average molecular weight is 410 g/mol. The molecule has 0 saturated carbocycles. The van der Waals surface area contributed by atoms with Gasteiger partial charge in [-0.1, -0.05) is 33.8 Å². The van der Waals surface area contributed by atoms with E-state index in [0.717, 1.165) is 24.6 Å². The van der Waals surface area contributed by atoms with E-state index in [1.54, 1.807) is 35.2 Å². The number of thioether (sulfide) groups is 1. The minimum absolute atomic E-state index is 0.0664. The SMILES string of the molecule is CSc1nc2ccc(CNc3cc(Br)ccc3[N+](=O)[O-])cc2s1. The van der Waals surface area contributed by atoms with Crippen LogP contribution in [-0.2, 0) is 6.54 Å². The summed E-state index contributed by atoms with van der Waals surface area (Å²) in [7, 11) is 0. The molecule has 3 rings (SSSR count). The maximum atomic E-state index is 11.1. The summed E-state index contributed by atoms with van der Waals surface area (Å²) in [5.74, 6) is 0. The van der Waals surface area contributed by atoms with Gasteiger partial charge < -0.3 is 5.32 Å². The molecular weight excluding hydrogens is 398 g/mol. The smallest absolute Gasteiger partial charge is 0.292 e. The van der Waals surface area contributed by atoms with Crippen LogP contribution in [0, 0.1) is 10.1 Å². The van der Waals surface area contributed by atoms with Crippen LogP contribution in [0.3, 0.4) is 0 Å². The van der Waals surface area contributed by atoms with E-state index in [9.17, 15) is 10.1 Å². The van der Waals surface area contributed by atoms with Crippen molar-refractivity contribution in [3.05, 3.63) is 56.5 Å². The topological polar surface area (TPSA) is 68.1 Å². The Bertz CT molecular complexity index is 882. The van der Waals surface area contributed by atoms with Gasteiger partial charge in [0.15, 0.2) is 4.34 Å². The first-order chi connectivity index (χ1) is 11.1. The van der Waals surface area contributed by atoms with Crippen molar-refractivity contribution < 1.29 is 4.92 Å². The summed E-state index contributed by atoms with van der Waals surface area (Å²) in [6.45, 7) is 0.514. The number of hydrogen-bond donors (Lipinski definition) is 1. The number of nitrogens with zero attached hydrogens (tertiary/aromatic N) is 2. The highest BCUT2D eigenvalue weighted by Crippen LogP contribution is 2.30. The lowest BCUT2D eigenvalue weighted by atomic mass is 10.2. The minimum Gasteiger partial charge on any atom is -0.375 e. The molecule has 23 heavy (non-hydrogen) atoms. The zero-order valence-electron chi connectivity index (χ0n) is 12.1. The van der Waals surface area contributed by atoms with E-state index in [2.05, 4.69) is 32.3 Å². The van der Waals surface area contributed by atoms with E-state index in [1.165, 1.54) is 6.07 Å². The van der Waals surface area contributed by atoms with Gasteiger partial charge in [-0.05, 0) is 36.1 Å². The van der Waals surface area contributed by atoms with Gasteiger partial charge in [-0.15, -0.1) is 11.3 Å². The van der Waals surface area contributed by atoms with Crippen molar-refractivity contribution >= 4 is 60.6 Å². The maximum Gasteiger partial charge on any atom is 0.292 e. The number of nitrogens with one attached hydrogen (secondary N) is 1. The molecule has 3 aromatic rings. The lowest BCUT2D eigenvalue weighted by Crippen LogP contribution is -2.02. The van der Waals surface area contributed by atoms with Crippen LogP contribution in [0.15, 0.2) is 45.2 Å². The van der Waals surface area contributed by atoms with Gasteiger partial charge in [0.2, 0.25) is 0 Å². The average Bonchev–Trinajstić information content (AvgIpc) is 2.95. The van der Waals surface area contributed by atoms with Crippen LogP contribution in [-0.4, -0.2) is 16.2 Å². The number of thiazole rings is 1. The predicted molar refractivity (Wildman–Crippen MR) is 99.5 cm³/mol. The highest BCUT2D eigenvalue weighted by Gasteiger charge is 2.13. The number of fused-ring (bicyclic) bond motifs is 1. The molecule has 1 N–H and O–H groups in total. The molecule has 118 valence electrons. The van der Waals surface area contributed by atoms with E-state index >= 15 is 0 Å². The molecule has 5 nitrogen and oxygen atoms in total. The normalized spacial score (nSPS) is 10.9. The standard InChI is InChI=1S/C15H12BrN3O2S2/c1-22-15-18-11-4-2-9(6-14(11)23-15)8-17-12-7-10(16)3-5-13(12)19(20)21/h2-7,17H,8H2,1H3. The molecular formula is C15H12BrN3O2S2. The lowest BCUT2D eigenvalue weighted by molar-refractivity contribution is -0.384. The summed E-state index contributed by atoms with van der Waals surface area (Å²) in [4.78, 5) is 15.2. The molecule has 1 heterocycles. The number of hydrogen-bond acceptors (Lipinski definition) is 6. The van der Waals surface area contributed by atoms with Gasteiger partial charge in [0.05, 0.1) is 15.1 Å². The molecule has 1 aromatic heterocycles. The second-order valence-electron chi connectivity index (χ2n) is 4.76. The van der Waals surface area contributed by atoms with Crippen LogP contribution >= 0.6 is 39.0 Å². The van der Waals surface area contributed by atoms with Gasteiger partial charge >= 0.3 is 0 Å². The van der Waals surface area contributed by atoms with Crippen molar-refractivity contribution in [2.75, 3.05) is 11.6 Å². The number of benzene rings is 2. The van der Waals surface area contributed by atoms with Crippen molar-refractivity contribution in [2.24, 2.45) is 0 Å². The summed E-state index contributed by atoms with van der Waals surface area (Å²) < 4.78 is 2.96. The second-order valence-corrected chi connectivity index (χ2v) is 7.76. The van der Waals surface area contributed by atoms with E-state index in [1.807, 2.05) is 18.4 Å². The number of rotatable bonds is 5. The van der Waals surface area contributed by atoms with Crippen molar-refractivity contribution in [3.63, 3.8) is 0 Å². The van der Waals surface area contributed by atoms with Crippen molar-refractivity contribution in [1.29, 1.82) is 0 Å². The molecule has 0 saturated heterocycles. The number of halogens is 1. The Morgan fingerprint density at radius 2 is 2.17 bits per heavy atom. The summed E-state index contributed by atoms with van der Waals surface area (Å²) in [6.07, 6.45) is 2.01. The van der Waals surface area contributed by atoms with E-state index in [4.69, 9.17) is 0 Å². The first-order valence-electron chi connectivity index (χ1n) is 6.68. The fraction of sp³-hybridized carbons (Fsp3) is 0.133. The highest BCUT2D eigenvalue weighted by molar-refractivity contribution is 9.10. The molecule has 0 amide bonds. The third-order valence-electron chi connectivity index (χ3n) is 3.25. The first kappa shape index (κ1) is 16.2. The molecule has 2 aromatic carbocycles. The molecule has 0 atom stereocenters. The number of nitro groups is 1. The zero-order chi connectivity index (χ0) is 16.4. The molecule has 0 fully saturated rings. The molecule has 0 aliphatic rings. The molecule has 8 heteroatoms. The first-order valence-corrected chi connectivity index (χ1v) is 9.51. The van der Waals surface area contributed by atoms with Gasteiger partial charge in [-0.25, -0.2) is 4.98 Å². The van der Waals surface area contributed by atoms with E-state index in [-0.39, 0.29) is 10.6 Å². The van der Waals surface area contributed by atoms with Crippen molar-refractivity contribution in [3.8, 4) is 0 Å². The predicted octanol–water partition coefficient (Wildman–Crippen LogP) is 5.30. The Labute approximate surface area is 149 Å². The minimum atomic E-state index is -0.383. The fourth-order valence-electron chi connectivity index (χ4n) is 2.15. The largest absolute Gasteiger partial charge is 0.375 e. The molecule has 0 aliphatic carbocycles. The quantitative estimate of drug-likeness (QED) is 0.351. The third kappa shape index (κ3) is 3.65. The van der Waals surface area contributed by atoms with Crippen LogP contribution < -0.4 is 5.32 Å². The Balaban J connectivity index is 1.83. The van der Waals surface area contributed by atoms with Crippen LogP contribution in [0.4, 0.5) is 11.4 Å². The third-order valence-corrected chi connectivity index (χ3v) is 5.74. The van der Waals surface area contributed by atoms with Gasteiger partial charge in [-0.2, -0.15) is 0 Å². The Hall–Kier alpha value is -1.64. The Kier molecular flexibility index (Phi) is 4.84. The summed E-state index contributed by atoms with van der Waals surface area (Å²) in [5.41, 5.74) is 2.61. The fourth-order valence-corrected chi connectivity index (χ4v) is 4.07. The maximum absolute atomic E-state index is 11.1. The van der Waals surface area contributed by atoms with Gasteiger partial charge in [0.1, 0.15) is 5.69 Å². The highest BCUT2D eigenvalue weighted by atomic mass is 79.9. The van der Waals surface area contributed by atoms with Crippen LogP contribution in [0.1, 0.15) is 5.56 Å². The molecule has 0 unspecified atom stereocenters. The molecule has 0 bridgehead atoms. The molecule has 0 aliphatic heterocycles. The van der Waals surface area contributed by atoms with Crippen LogP contribution in [0.5, 0.6) is 0 Å². The zero-order valence-corrected chi connectivity index (χ0v) is 15.3. The second kappa shape index (κ2) is 6.86. The Morgan fingerprint density at radius 3 is 2.91 bits per heavy atom. The summed E-state index contributed by atoms with van der Waals surface area (Å²) in [6, 6.07) is 10.9. The number of nitro benzene ring substituents is 1. The van der Waals surface area contributed by atoms with Crippen molar-refractivity contribution in [2.45, 2.75) is 10.9 Å². The van der Waals surface area contributed by atoms with Crippen molar-refractivity contribution in [1.82, 2.24) is 4.98 Å². The van der Waals surface area contributed by atoms with Crippen LogP contribution in [0.25, 0.3) is 10.2 Å². The summed E-state index contributed by atoms with van der Waals surface area (Å²) >= 11 is 6.62. The number of anilines is 1. The van der Waals surface area contributed by atoms with Gasteiger partial charge in [0.25, 0.3) is 5.69 Å². The monoisotopic (exact) mass is 409 g/mol. The summed E-state index contributed by atoms with van der Waals surface area (Å²) in [5, 5.41) is 14.2. The lowest BCUT2D eigenvalue weighted by Gasteiger charge is -2.08.